The zero-order valence-corrected chi connectivity index (χ0v) is 13.1. The van der Waals surface area contributed by atoms with E-state index in [9.17, 15) is 9.59 Å². The second-order valence-corrected chi connectivity index (χ2v) is 6.79. The Labute approximate surface area is 134 Å². The number of fused-ring (bicyclic) bond motifs is 2. The van der Waals surface area contributed by atoms with E-state index in [0.29, 0.717) is 22.4 Å². The minimum Gasteiger partial charge on any atom is -0.337 e. The molecule has 2 aliphatic rings. The molecule has 1 saturated carbocycles. The number of rotatable bonds is 1. The summed E-state index contributed by atoms with van der Waals surface area (Å²) in [5.74, 6) is 1.37. The molecule has 1 aliphatic heterocycles. The molecular weight excluding hydrogens is 290 g/mol. The Bertz CT molecular complexity index is 798. The van der Waals surface area contributed by atoms with Gasteiger partial charge in [-0.05, 0) is 30.7 Å². The molecule has 1 aromatic carbocycles. The molecule has 5 nitrogen and oxygen atoms in total. The molecule has 1 amide bonds. The Hall–Kier alpha value is -2.17. The highest BCUT2D eigenvalue weighted by Gasteiger charge is 2.34. The number of nitrogens with one attached hydrogen (secondary N) is 1. The highest BCUT2D eigenvalue weighted by atomic mass is 16.2. The van der Waals surface area contributed by atoms with Crippen LogP contribution in [-0.4, -0.2) is 34.1 Å². The summed E-state index contributed by atoms with van der Waals surface area (Å²) in [7, 11) is 0. The van der Waals surface area contributed by atoms with Crippen LogP contribution in [-0.2, 0) is 0 Å². The molecule has 120 valence electrons. The van der Waals surface area contributed by atoms with Crippen LogP contribution in [0.25, 0.3) is 10.8 Å². The van der Waals surface area contributed by atoms with Crippen molar-refractivity contribution in [1.29, 1.82) is 0 Å². The average Bonchev–Trinajstić information content (AvgIpc) is 2.61. The Morgan fingerprint density at radius 2 is 1.83 bits per heavy atom. The number of benzene rings is 1. The van der Waals surface area contributed by atoms with Gasteiger partial charge in [-0.2, -0.15) is 5.10 Å². The van der Waals surface area contributed by atoms with Gasteiger partial charge in [-0.1, -0.05) is 37.5 Å². The molecule has 2 fully saturated rings. The van der Waals surface area contributed by atoms with Gasteiger partial charge in [-0.15, -0.1) is 0 Å². The number of nitrogens with zero attached hydrogens (tertiary/aromatic N) is 2. The summed E-state index contributed by atoms with van der Waals surface area (Å²) in [6.07, 6.45) is 6.25. The zero-order valence-electron chi connectivity index (χ0n) is 13.1. The standard InChI is InChI=1S/C18H21N3O2/c22-17-15-8-4-3-7-14(15)16(19-20-17)18(23)21-10-9-12-5-1-2-6-13(12)11-21/h3-4,7-8,12-13H,1-2,5-6,9-11H2,(H,20,22)/t12-,13+/m0/s1. The van der Waals surface area contributed by atoms with Crippen LogP contribution >= 0.6 is 0 Å². The highest BCUT2D eigenvalue weighted by molar-refractivity contribution is 6.04. The number of aromatic nitrogens is 2. The van der Waals surface area contributed by atoms with Crippen LogP contribution in [0, 0.1) is 11.8 Å². The van der Waals surface area contributed by atoms with Crippen molar-refractivity contribution in [3.8, 4) is 0 Å². The Morgan fingerprint density at radius 1 is 1.09 bits per heavy atom. The molecule has 2 aromatic rings. The van der Waals surface area contributed by atoms with Gasteiger partial charge in [-0.25, -0.2) is 5.10 Å². The average molecular weight is 311 g/mol. The molecule has 1 saturated heterocycles. The van der Waals surface area contributed by atoms with E-state index >= 15 is 0 Å². The van der Waals surface area contributed by atoms with E-state index in [2.05, 4.69) is 10.2 Å². The van der Waals surface area contributed by atoms with E-state index in [1.54, 1.807) is 18.2 Å². The van der Waals surface area contributed by atoms with Gasteiger partial charge >= 0.3 is 0 Å². The van der Waals surface area contributed by atoms with Crippen molar-refractivity contribution in [2.75, 3.05) is 13.1 Å². The third-order valence-electron chi connectivity index (χ3n) is 5.48. The highest BCUT2D eigenvalue weighted by Crippen LogP contribution is 2.36. The first-order chi connectivity index (χ1) is 11.2. The third kappa shape index (κ3) is 2.54. The lowest BCUT2D eigenvalue weighted by atomic mass is 9.75. The predicted molar refractivity (Wildman–Crippen MR) is 88.3 cm³/mol. The van der Waals surface area contributed by atoms with E-state index in [1.807, 2.05) is 11.0 Å². The molecule has 2 atom stereocenters. The molecule has 0 unspecified atom stereocenters. The van der Waals surface area contributed by atoms with Gasteiger partial charge in [0.1, 0.15) is 0 Å². The molecule has 1 aromatic heterocycles. The lowest BCUT2D eigenvalue weighted by Gasteiger charge is -2.41. The van der Waals surface area contributed by atoms with Gasteiger partial charge in [0, 0.05) is 18.5 Å². The first-order valence-corrected chi connectivity index (χ1v) is 8.51. The smallest absolute Gasteiger partial charge is 0.274 e. The minimum absolute atomic E-state index is 0.0542. The number of carbonyl (C=O) groups excluding carboxylic acids is 1. The number of H-pyrrole nitrogens is 1. The van der Waals surface area contributed by atoms with Gasteiger partial charge in [0.15, 0.2) is 5.69 Å². The van der Waals surface area contributed by atoms with Crippen molar-refractivity contribution in [3.63, 3.8) is 0 Å². The molecule has 0 radical (unpaired) electrons. The van der Waals surface area contributed by atoms with Crippen molar-refractivity contribution in [1.82, 2.24) is 15.1 Å². The van der Waals surface area contributed by atoms with Crippen molar-refractivity contribution in [2.24, 2.45) is 11.8 Å². The van der Waals surface area contributed by atoms with Gasteiger partial charge in [0.05, 0.1) is 5.39 Å². The molecule has 5 heteroatoms. The maximum absolute atomic E-state index is 12.9. The van der Waals surface area contributed by atoms with Crippen LogP contribution in [0.15, 0.2) is 29.1 Å². The van der Waals surface area contributed by atoms with Gasteiger partial charge in [0.25, 0.3) is 11.5 Å². The van der Waals surface area contributed by atoms with Crippen LogP contribution in [0.4, 0.5) is 0 Å². The van der Waals surface area contributed by atoms with Crippen LogP contribution in [0.3, 0.4) is 0 Å². The Kier molecular flexibility index (Phi) is 3.63. The summed E-state index contributed by atoms with van der Waals surface area (Å²) in [5, 5.41) is 7.69. The fourth-order valence-electron chi connectivity index (χ4n) is 4.21. The van der Waals surface area contributed by atoms with E-state index in [4.69, 9.17) is 0 Å². The minimum atomic E-state index is -0.247. The zero-order chi connectivity index (χ0) is 15.8. The summed E-state index contributed by atoms with van der Waals surface area (Å²) in [6.45, 7) is 1.63. The second kappa shape index (κ2) is 5.80. The third-order valence-corrected chi connectivity index (χ3v) is 5.48. The topological polar surface area (TPSA) is 66.1 Å². The normalized spacial score (nSPS) is 24.4. The Morgan fingerprint density at radius 3 is 2.65 bits per heavy atom. The lowest BCUT2D eigenvalue weighted by molar-refractivity contribution is 0.0516. The lowest BCUT2D eigenvalue weighted by Crippen LogP contribution is -2.45. The molecule has 0 spiro atoms. The molecule has 4 rings (SSSR count). The quantitative estimate of drug-likeness (QED) is 0.880. The van der Waals surface area contributed by atoms with Crippen molar-refractivity contribution < 1.29 is 4.79 Å². The number of piperidine rings is 1. The maximum atomic E-state index is 12.9. The van der Waals surface area contributed by atoms with Crippen molar-refractivity contribution in [3.05, 3.63) is 40.3 Å². The fraction of sp³-hybridized carbons (Fsp3) is 0.500. The van der Waals surface area contributed by atoms with Crippen LogP contribution in [0.5, 0.6) is 0 Å². The monoisotopic (exact) mass is 311 g/mol. The SMILES string of the molecule is O=C(c1n[nH]c(=O)c2ccccc12)N1CC[C@@H]2CCCC[C@@H]2C1. The second-order valence-electron chi connectivity index (χ2n) is 6.79. The number of hydrogen-bond donors (Lipinski definition) is 1. The molecular formula is C18H21N3O2. The van der Waals surface area contributed by atoms with Gasteiger partial charge in [-0.3, -0.25) is 9.59 Å². The predicted octanol–water partition coefficient (Wildman–Crippen LogP) is 2.58. The maximum Gasteiger partial charge on any atom is 0.274 e. The fourth-order valence-corrected chi connectivity index (χ4v) is 4.21. The van der Waals surface area contributed by atoms with Gasteiger partial charge in [0.2, 0.25) is 0 Å². The van der Waals surface area contributed by atoms with Crippen molar-refractivity contribution in [2.45, 2.75) is 32.1 Å². The van der Waals surface area contributed by atoms with Crippen LogP contribution < -0.4 is 5.56 Å². The summed E-state index contributed by atoms with van der Waals surface area (Å²) in [6, 6.07) is 7.19. The van der Waals surface area contributed by atoms with E-state index < -0.39 is 0 Å². The largest absolute Gasteiger partial charge is 0.337 e. The summed E-state index contributed by atoms with van der Waals surface area (Å²) >= 11 is 0. The summed E-state index contributed by atoms with van der Waals surface area (Å²) in [4.78, 5) is 26.7. The molecule has 1 N–H and O–H groups in total. The Balaban J connectivity index is 1.65. The molecule has 0 bridgehead atoms. The molecule has 2 heterocycles. The van der Waals surface area contributed by atoms with E-state index in [0.717, 1.165) is 25.4 Å². The molecule has 1 aliphatic carbocycles. The van der Waals surface area contributed by atoms with E-state index in [1.165, 1.54) is 25.7 Å². The van der Waals surface area contributed by atoms with E-state index in [-0.39, 0.29) is 11.5 Å². The molecule has 23 heavy (non-hydrogen) atoms. The summed E-state index contributed by atoms with van der Waals surface area (Å²) < 4.78 is 0. The number of aromatic amines is 1. The number of hydrogen-bond acceptors (Lipinski definition) is 3. The number of amides is 1. The van der Waals surface area contributed by atoms with Gasteiger partial charge < -0.3 is 4.90 Å². The van der Waals surface area contributed by atoms with Crippen molar-refractivity contribution >= 4 is 16.7 Å². The van der Waals surface area contributed by atoms with Crippen LogP contribution in [0.2, 0.25) is 0 Å². The first-order valence-electron chi connectivity index (χ1n) is 8.51. The van der Waals surface area contributed by atoms with Crippen LogP contribution in [0.1, 0.15) is 42.6 Å². The number of likely N-dealkylation sites (tertiary alicyclic amines) is 1. The number of carbonyl (C=O) groups is 1. The first kappa shape index (κ1) is 14.4. The summed E-state index contributed by atoms with van der Waals surface area (Å²) in [5.41, 5.74) is 0.123.